The second-order valence-electron chi connectivity index (χ2n) is 8.95. The van der Waals surface area contributed by atoms with Crippen LogP contribution in [-0.2, 0) is 6.61 Å². The number of carbonyl (C=O) groups excluding carboxylic acids is 1. The van der Waals surface area contributed by atoms with E-state index in [0.29, 0.717) is 12.2 Å². The van der Waals surface area contributed by atoms with Gasteiger partial charge in [-0.2, -0.15) is 0 Å². The normalized spacial score (nSPS) is 30.9. The van der Waals surface area contributed by atoms with Gasteiger partial charge in [0.15, 0.2) is 0 Å². The van der Waals surface area contributed by atoms with E-state index in [-0.39, 0.29) is 11.4 Å². The number of carbonyl (C=O) groups is 1. The van der Waals surface area contributed by atoms with Gasteiger partial charge in [0.05, 0.1) is 0 Å². The Bertz CT molecular complexity index is 794. The molecule has 27 heavy (non-hydrogen) atoms. The van der Waals surface area contributed by atoms with E-state index in [1.807, 2.05) is 54.6 Å². The van der Waals surface area contributed by atoms with E-state index in [9.17, 15) is 4.79 Å². The molecule has 2 aromatic rings. The van der Waals surface area contributed by atoms with Crippen molar-refractivity contribution in [3.63, 3.8) is 0 Å². The molecule has 4 fully saturated rings. The third kappa shape index (κ3) is 3.47. The lowest BCUT2D eigenvalue weighted by Gasteiger charge is -2.56. The standard InChI is InChI=1S/C24H27NO2/c26-23(25-24-13-18-9-19(14-24)11-20(10-18)15-24)21-7-4-8-22(12-21)27-16-17-5-2-1-3-6-17/h1-8,12,18-20H,9-11,13-16H2,(H,25,26). The molecule has 0 atom stereocenters. The quantitative estimate of drug-likeness (QED) is 0.817. The Labute approximate surface area is 161 Å². The Morgan fingerprint density at radius 2 is 1.59 bits per heavy atom. The predicted molar refractivity (Wildman–Crippen MR) is 106 cm³/mol. The summed E-state index contributed by atoms with van der Waals surface area (Å²) in [5.41, 5.74) is 1.88. The van der Waals surface area contributed by atoms with Gasteiger partial charge < -0.3 is 10.1 Å². The van der Waals surface area contributed by atoms with Crippen LogP contribution in [0.4, 0.5) is 0 Å². The van der Waals surface area contributed by atoms with Crippen molar-refractivity contribution >= 4 is 5.91 Å². The zero-order valence-corrected chi connectivity index (χ0v) is 15.7. The smallest absolute Gasteiger partial charge is 0.251 e. The summed E-state index contributed by atoms with van der Waals surface area (Å²) >= 11 is 0. The molecule has 0 heterocycles. The van der Waals surface area contributed by atoms with Crippen molar-refractivity contribution in [3.8, 4) is 5.75 Å². The molecule has 2 aromatic carbocycles. The molecule has 1 N–H and O–H groups in total. The first-order valence-corrected chi connectivity index (χ1v) is 10.3. The number of hydrogen-bond donors (Lipinski definition) is 1. The summed E-state index contributed by atoms with van der Waals surface area (Å²) in [6, 6.07) is 17.7. The highest BCUT2D eigenvalue weighted by Crippen LogP contribution is 2.55. The molecule has 4 aliphatic carbocycles. The molecule has 3 nitrogen and oxygen atoms in total. The summed E-state index contributed by atoms with van der Waals surface area (Å²) in [5, 5.41) is 3.45. The van der Waals surface area contributed by atoms with Crippen LogP contribution in [0.1, 0.15) is 54.4 Å². The molecular weight excluding hydrogens is 334 g/mol. The maximum atomic E-state index is 13.0. The Kier molecular flexibility index (Phi) is 4.18. The minimum absolute atomic E-state index is 0.0483. The Morgan fingerprint density at radius 3 is 2.26 bits per heavy atom. The average Bonchev–Trinajstić information content (AvgIpc) is 2.66. The van der Waals surface area contributed by atoms with E-state index in [0.717, 1.165) is 29.1 Å². The van der Waals surface area contributed by atoms with Gasteiger partial charge in [-0.15, -0.1) is 0 Å². The van der Waals surface area contributed by atoms with Crippen molar-refractivity contribution in [2.45, 2.75) is 50.7 Å². The van der Waals surface area contributed by atoms with E-state index in [4.69, 9.17) is 4.74 Å². The van der Waals surface area contributed by atoms with Crippen LogP contribution in [-0.4, -0.2) is 11.4 Å². The molecule has 4 bridgehead atoms. The summed E-state index contributed by atoms with van der Waals surface area (Å²) in [6.07, 6.45) is 7.69. The van der Waals surface area contributed by atoms with Gasteiger partial charge in [-0.3, -0.25) is 4.79 Å². The monoisotopic (exact) mass is 361 g/mol. The fraction of sp³-hybridized carbons (Fsp3) is 0.458. The molecule has 0 aliphatic heterocycles. The van der Waals surface area contributed by atoms with E-state index in [1.54, 1.807) is 0 Å². The highest BCUT2D eigenvalue weighted by atomic mass is 16.5. The van der Waals surface area contributed by atoms with E-state index in [1.165, 1.54) is 38.5 Å². The molecule has 0 aromatic heterocycles. The zero-order valence-electron chi connectivity index (χ0n) is 15.7. The molecule has 1 amide bonds. The Morgan fingerprint density at radius 1 is 0.926 bits per heavy atom. The summed E-state index contributed by atoms with van der Waals surface area (Å²) in [7, 11) is 0. The highest BCUT2D eigenvalue weighted by Gasteiger charge is 2.51. The lowest BCUT2D eigenvalue weighted by atomic mass is 9.53. The molecule has 0 unspecified atom stereocenters. The van der Waals surface area contributed by atoms with E-state index >= 15 is 0 Å². The maximum absolute atomic E-state index is 13.0. The minimum Gasteiger partial charge on any atom is -0.489 e. The van der Waals surface area contributed by atoms with Crippen molar-refractivity contribution in [2.75, 3.05) is 0 Å². The largest absolute Gasteiger partial charge is 0.489 e. The molecular formula is C24H27NO2. The number of hydrogen-bond acceptors (Lipinski definition) is 2. The molecule has 6 rings (SSSR count). The third-order valence-electron chi connectivity index (χ3n) is 6.76. The van der Waals surface area contributed by atoms with Crippen LogP contribution in [0.25, 0.3) is 0 Å². The Hall–Kier alpha value is -2.29. The van der Waals surface area contributed by atoms with Crippen LogP contribution in [0.15, 0.2) is 54.6 Å². The summed E-state index contributed by atoms with van der Waals surface area (Å²) in [4.78, 5) is 13.0. The van der Waals surface area contributed by atoms with Crippen molar-refractivity contribution in [2.24, 2.45) is 17.8 Å². The molecule has 0 radical (unpaired) electrons. The lowest BCUT2D eigenvalue weighted by molar-refractivity contribution is -0.0167. The number of rotatable bonds is 5. The number of amides is 1. The molecule has 140 valence electrons. The maximum Gasteiger partial charge on any atom is 0.251 e. The number of benzene rings is 2. The Balaban J connectivity index is 1.27. The van der Waals surface area contributed by atoms with Crippen LogP contribution < -0.4 is 10.1 Å². The summed E-state index contributed by atoms with van der Waals surface area (Å²) < 4.78 is 5.90. The van der Waals surface area contributed by atoms with Gasteiger partial charge in [0.25, 0.3) is 5.91 Å². The van der Waals surface area contributed by atoms with Gasteiger partial charge in [-0.1, -0.05) is 36.4 Å². The number of ether oxygens (including phenoxy) is 1. The van der Waals surface area contributed by atoms with Gasteiger partial charge in [-0.25, -0.2) is 0 Å². The van der Waals surface area contributed by atoms with Crippen LogP contribution in [0, 0.1) is 17.8 Å². The summed E-state index contributed by atoms with van der Waals surface area (Å²) in [6.45, 7) is 0.515. The van der Waals surface area contributed by atoms with Gasteiger partial charge in [0.2, 0.25) is 0 Å². The average molecular weight is 361 g/mol. The van der Waals surface area contributed by atoms with Crippen molar-refractivity contribution < 1.29 is 9.53 Å². The second-order valence-corrected chi connectivity index (χ2v) is 8.95. The van der Waals surface area contributed by atoms with Crippen molar-refractivity contribution in [1.29, 1.82) is 0 Å². The van der Waals surface area contributed by atoms with Crippen LogP contribution in [0.5, 0.6) is 5.75 Å². The lowest BCUT2D eigenvalue weighted by Crippen LogP contribution is -2.59. The zero-order chi connectivity index (χ0) is 18.3. The minimum atomic E-state index is 0.0483. The SMILES string of the molecule is O=C(NC12CC3CC(CC(C3)C1)C2)c1cccc(OCc2ccccc2)c1. The molecule has 4 aliphatic rings. The van der Waals surface area contributed by atoms with Gasteiger partial charge in [-0.05, 0) is 80.0 Å². The first-order chi connectivity index (χ1) is 13.2. The fourth-order valence-corrected chi connectivity index (χ4v) is 6.04. The second kappa shape index (κ2) is 6.70. The van der Waals surface area contributed by atoms with Crippen molar-refractivity contribution in [3.05, 3.63) is 65.7 Å². The fourth-order valence-electron chi connectivity index (χ4n) is 6.04. The van der Waals surface area contributed by atoms with E-state index in [2.05, 4.69) is 5.32 Å². The predicted octanol–water partition coefficient (Wildman–Crippen LogP) is 4.96. The first kappa shape index (κ1) is 16.9. The van der Waals surface area contributed by atoms with Crippen LogP contribution in [0.3, 0.4) is 0 Å². The summed E-state index contributed by atoms with van der Waals surface area (Å²) in [5.74, 6) is 3.30. The first-order valence-electron chi connectivity index (χ1n) is 10.3. The molecule has 3 heteroatoms. The van der Waals surface area contributed by atoms with Gasteiger partial charge in [0, 0.05) is 11.1 Å². The van der Waals surface area contributed by atoms with Gasteiger partial charge >= 0.3 is 0 Å². The molecule has 4 saturated carbocycles. The highest BCUT2D eigenvalue weighted by molar-refractivity contribution is 5.95. The van der Waals surface area contributed by atoms with Crippen LogP contribution in [0.2, 0.25) is 0 Å². The topological polar surface area (TPSA) is 38.3 Å². The molecule has 0 saturated heterocycles. The third-order valence-corrected chi connectivity index (χ3v) is 6.76. The van der Waals surface area contributed by atoms with Crippen LogP contribution >= 0.6 is 0 Å². The number of nitrogens with one attached hydrogen (secondary N) is 1. The van der Waals surface area contributed by atoms with Crippen molar-refractivity contribution in [1.82, 2.24) is 5.32 Å². The van der Waals surface area contributed by atoms with Gasteiger partial charge in [0.1, 0.15) is 12.4 Å². The van der Waals surface area contributed by atoms with E-state index < -0.39 is 0 Å². The molecule has 0 spiro atoms.